The van der Waals surface area contributed by atoms with Gasteiger partial charge in [-0.3, -0.25) is 5.41 Å². The maximum absolute atomic E-state index is 12.8. The van der Waals surface area contributed by atoms with Crippen molar-refractivity contribution in [3.63, 3.8) is 0 Å². The monoisotopic (exact) mass is 293 g/mol. The van der Waals surface area contributed by atoms with Crippen LogP contribution in [0.2, 0.25) is 0 Å². The summed E-state index contributed by atoms with van der Waals surface area (Å²) in [6.45, 7) is 0.450. The zero-order valence-electron chi connectivity index (χ0n) is 6.77. The molecule has 13 heavy (non-hydrogen) atoms. The fourth-order valence-corrected chi connectivity index (χ4v) is 1.43. The first kappa shape index (κ1) is 10.2. The second-order valence-electron chi connectivity index (χ2n) is 2.52. The van der Waals surface area contributed by atoms with Gasteiger partial charge in [-0.05, 0) is 40.3 Å². The van der Waals surface area contributed by atoms with Crippen molar-refractivity contribution in [1.29, 1.82) is 5.41 Å². The van der Waals surface area contributed by atoms with Crippen molar-refractivity contribution in [3.8, 4) is 0 Å². The van der Waals surface area contributed by atoms with E-state index >= 15 is 0 Å². The topological polar surface area (TPSA) is 61.9 Å². The molecule has 1 aromatic carbocycles. The lowest BCUT2D eigenvalue weighted by Crippen LogP contribution is -2.29. The first-order valence-electron chi connectivity index (χ1n) is 3.61. The molecule has 0 aliphatic rings. The van der Waals surface area contributed by atoms with Gasteiger partial charge in [0.2, 0.25) is 0 Å². The number of rotatable bonds is 2. The molecule has 0 saturated carbocycles. The lowest BCUT2D eigenvalue weighted by atomic mass is 10.2. The molecule has 0 aliphatic heterocycles. The Morgan fingerprint density at radius 1 is 1.62 bits per heavy atom. The van der Waals surface area contributed by atoms with Gasteiger partial charge >= 0.3 is 0 Å². The molecule has 0 spiro atoms. The van der Waals surface area contributed by atoms with Crippen molar-refractivity contribution in [2.75, 3.05) is 0 Å². The van der Waals surface area contributed by atoms with E-state index in [1.165, 1.54) is 6.07 Å². The summed E-state index contributed by atoms with van der Waals surface area (Å²) in [5.74, 6) is -0.313. The summed E-state index contributed by atoms with van der Waals surface area (Å²) in [7, 11) is 0. The van der Waals surface area contributed by atoms with Crippen LogP contribution in [0.1, 0.15) is 5.56 Å². The zero-order chi connectivity index (χ0) is 9.84. The number of benzene rings is 1. The first-order chi connectivity index (χ1) is 6.09. The van der Waals surface area contributed by atoms with Crippen LogP contribution >= 0.6 is 22.6 Å². The summed E-state index contributed by atoms with van der Waals surface area (Å²) in [4.78, 5) is 0. The summed E-state index contributed by atoms with van der Waals surface area (Å²) in [6.07, 6.45) is 0. The third-order valence-electron chi connectivity index (χ3n) is 1.47. The number of guanidine groups is 1. The lowest BCUT2D eigenvalue weighted by molar-refractivity contribution is 0.619. The molecule has 0 aromatic heterocycles. The van der Waals surface area contributed by atoms with Crippen LogP contribution in [0.3, 0.4) is 0 Å². The van der Waals surface area contributed by atoms with E-state index in [2.05, 4.69) is 5.32 Å². The van der Waals surface area contributed by atoms with Crippen molar-refractivity contribution in [3.05, 3.63) is 33.1 Å². The summed E-state index contributed by atoms with van der Waals surface area (Å²) in [6, 6.07) is 4.78. The Bertz CT molecular complexity index is 327. The number of hydrogen-bond acceptors (Lipinski definition) is 1. The molecule has 4 N–H and O–H groups in total. The highest BCUT2D eigenvalue weighted by Gasteiger charge is 1.99. The summed E-state index contributed by atoms with van der Waals surface area (Å²) >= 11 is 1.92. The van der Waals surface area contributed by atoms with E-state index in [-0.39, 0.29) is 11.8 Å². The Kier molecular flexibility index (Phi) is 3.47. The van der Waals surface area contributed by atoms with Crippen LogP contribution in [0.5, 0.6) is 0 Å². The molecule has 3 nitrogen and oxygen atoms in total. The van der Waals surface area contributed by atoms with Gasteiger partial charge in [-0.2, -0.15) is 0 Å². The molecular weight excluding hydrogens is 284 g/mol. The average Bonchev–Trinajstić information content (AvgIpc) is 2.07. The fraction of sp³-hybridized carbons (Fsp3) is 0.125. The van der Waals surface area contributed by atoms with E-state index < -0.39 is 0 Å². The average molecular weight is 293 g/mol. The number of nitrogens with two attached hydrogens (primary N) is 1. The van der Waals surface area contributed by atoms with Gasteiger partial charge in [-0.15, -0.1) is 0 Å². The van der Waals surface area contributed by atoms with E-state index in [1.54, 1.807) is 12.1 Å². The van der Waals surface area contributed by atoms with E-state index in [4.69, 9.17) is 11.1 Å². The Hall–Kier alpha value is -0.850. The lowest BCUT2D eigenvalue weighted by Gasteiger charge is -2.04. The molecule has 70 valence electrons. The van der Waals surface area contributed by atoms with E-state index in [1.807, 2.05) is 22.6 Å². The molecular formula is C8H9FIN3. The highest BCUT2D eigenvalue weighted by Crippen LogP contribution is 2.12. The second kappa shape index (κ2) is 4.40. The van der Waals surface area contributed by atoms with Crippen LogP contribution in [-0.2, 0) is 6.54 Å². The Labute approximate surface area is 89.2 Å². The molecule has 1 aromatic rings. The smallest absolute Gasteiger partial charge is 0.185 e. The van der Waals surface area contributed by atoms with Gasteiger partial charge in [-0.1, -0.05) is 6.07 Å². The first-order valence-corrected chi connectivity index (χ1v) is 4.69. The van der Waals surface area contributed by atoms with Crippen molar-refractivity contribution in [2.24, 2.45) is 5.73 Å². The zero-order valence-corrected chi connectivity index (χ0v) is 8.93. The highest BCUT2D eigenvalue weighted by molar-refractivity contribution is 14.1. The maximum Gasteiger partial charge on any atom is 0.185 e. The van der Waals surface area contributed by atoms with Crippen LogP contribution in [0.25, 0.3) is 0 Å². The minimum atomic E-state index is -0.229. The highest BCUT2D eigenvalue weighted by atomic mass is 127. The summed E-state index contributed by atoms with van der Waals surface area (Å²) < 4.78 is 13.4. The van der Waals surface area contributed by atoms with Gasteiger partial charge in [0.1, 0.15) is 5.82 Å². The fourth-order valence-electron chi connectivity index (χ4n) is 0.847. The van der Waals surface area contributed by atoms with E-state index in [0.29, 0.717) is 10.1 Å². The SMILES string of the molecule is N=C(N)NCc1ccc(F)c(I)c1. The van der Waals surface area contributed by atoms with Crippen molar-refractivity contribution >= 4 is 28.6 Å². The number of nitrogens with one attached hydrogen (secondary N) is 2. The van der Waals surface area contributed by atoms with Crippen molar-refractivity contribution < 1.29 is 4.39 Å². The number of hydrogen-bond donors (Lipinski definition) is 3. The van der Waals surface area contributed by atoms with Crippen molar-refractivity contribution in [1.82, 2.24) is 5.32 Å². The van der Waals surface area contributed by atoms with Gasteiger partial charge in [0.25, 0.3) is 0 Å². The molecule has 0 amide bonds. The molecule has 0 unspecified atom stereocenters. The molecule has 1 rings (SSSR count). The van der Waals surface area contributed by atoms with Crippen molar-refractivity contribution in [2.45, 2.75) is 6.54 Å². The summed E-state index contributed by atoms with van der Waals surface area (Å²) in [5.41, 5.74) is 6.01. The molecule has 5 heteroatoms. The predicted molar refractivity (Wildman–Crippen MR) is 57.9 cm³/mol. The second-order valence-corrected chi connectivity index (χ2v) is 3.68. The standard InChI is InChI=1S/C8H9FIN3/c9-6-2-1-5(3-7(6)10)4-13-8(11)12/h1-3H,4H2,(H4,11,12,13). The Morgan fingerprint density at radius 2 is 2.31 bits per heavy atom. The molecule has 0 fully saturated rings. The van der Waals surface area contributed by atoms with Crippen LogP contribution in [-0.4, -0.2) is 5.96 Å². The summed E-state index contributed by atoms with van der Waals surface area (Å²) in [5, 5.41) is 9.57. The van der Waals surface area contributed by atoms with Gasteiger partial charge in [0.15, 0.2) is 5.96 Å². The minimum absolute atomic E-state index is 0.0840. The number of halogens is 2. The van der Waals surface area contributed by atoms with Gasteiger partial charge in [-0.25, -0.2) is 4.39 Å². The van der Waals surface area contributed by atoms with Crippen LogP contribution in [0.4, 0.5) is 4.39 Å². The van der Waals surface area contributed by atoms with Crippen LogP contribution in [0.15, 0.2) is 18.2 Å². The van der Waals surface area contributed by atoms with E-state index in [9.17, 15) is 4.39 Å². The maximum atomic E-state index is 12.8. The largest absolute Gasteiger partial charge is 0.370 e. The molecule has 0 aliphatic carbocycles. The minimum Gasteiger partial charge on any atom is -0.370 e. The molecule has 0 heterocycles. The quantitative estimate of drug-likeness (QED) is 0.438. The Morgan fingerprint density at radius 3 is 2.85 bits per heavy atom. The van der Waals surface area contributed by atoms with E-state index in [0.717, 1.165) is 5.56 Å². The predicted octanol–water partition coefficient (Wildman–Crippen LogP) is 1.41. The van der Waals surface area contributed by atoms with Gasteiger partial charge in [0, 0.05) is 10.1 Å². The van der Waals surface area contributed by atoms with Gasteiger partial charge in [0.05, 0.1) is 0 Å². The molecule has 0 bridgehead atoms. The molecule has 0 atom stereocenters. The molecule has 0 radical (unpaired) electrons. The van der Waals surface area contributed by atoms with Gasteiger partial charge < -0.3 is 11.1 Å². The normalized spacial score (nSPS) is 9.69. The molecule has 0 saturated heterocycles. The third-order valence-corrected chi connectivity index (χ3v) is 2.29. The third kappa shape index (κ3) is 3.17. The van der Waals surface area contributed by atoms with Crippen LogP contribution in [0, 0.1) is 14.8 Å². The Balaban J connectivity index is 2.68. The van der Waals surface area contributed by atoms with Crippen LogP contribution < -0.4 is 11.1 Å².